The van der Waals surface area contributed by atoms with E-state index in [1.165, 1.54) is 14.2 Å². The summed E-state index contributed by atoms with van der Waals surface area (Å²) < 4.78 is 15.9. The molecule has 0 radical (unpaired) electrons. The first-order chi connectivity index (χ1) is 7.60. The molecule has 0 aliphatic rings. The summed E-state index contributed by atoms with van der Waals surface area (Å²) in [6.07, 6.45) is -0.518. The molecule has 0 saturated carbocycles. The van der Waals surface area contributed by atoms with Crippen LogP contribution in [0.15, 0.2) is 30.3 Å². The summed E-state index contributed by atoms with van der Waals surface area (Å²) in [6.45, 7) is 0. The van der Waals surface area contributed by atoms with E-state index in [9.17, 15) is 14.0 Å². The number of alkyl carbamates (subject to hydrolysis) is 1. The molecule has 1 rings (SSSR count). The van der Waals surface area contributed by atoms with Gasteiger partial charge in [-0.15, -0.1) is 0 Å². The number of methoxy groups -OCH3 is 1. The lowest BCUT2D eigenvalue weighted by molar-refractivity contribution is -0.128. The third-order valence-corrected chi connectivity index (χ3v) is 1.58. The molecule has 1 N–H and O–H groups in total. The number of hydrogen-bond donors (Lipinski definition) is 1. The summed E-state index contributed by atoms with van der Waals surface area (Å²) >= 11 is 0. The highest BCUT2D eigenvalue weighted by molar-refractivity contribution is 5.71. The Balaban J connectivity index is 0.000000325. The first-order valence-electron chi connectivity index (χ1n) is 4.58. The van der Waals surface area contributed by atoms with Gasteiger partial charge in [0.15, 0.2) is 0 Å². The van der Waals surface area contributed by atoms with Crippen LogP contribution in [-0.4, -0.2) is 26.3 Å². The fourth-order valence-electron chi connectivity index (χ4n) is 0.858. The molecule has 1 aromatic rings. The van der Waals surface area contributed by atoms with Crippen LogP contribution in [0.5, 0.6) is 0 Å². The third-order valence-electron chi connectivity index (χ3n) is 1.58. The van der Waals surface area contributed by atoms with Crippen LogP contribution in [0.3, 0.4) is 0 Å². The minimum Gasteiger partial charge on any atom is -0.453 e. The Hall–Kier alpha value is -1.91. The Morgan fingerprint density at radius 3 is 2.19 bits per heavy atom. The van der Waals surface area contributed by atoms with Gasteiger partial charge in [-0.3, -0.25) is 4.79 Å². The van der Waals surface area contributed by atoms with Crippen LogP contribution in [0.1, 0.15) is 5.56 Å². The maximum Gasteiger partial charge on any atom is 0.406 e. The van der Waals surface area contributed by atoms with Gasteiger partial charge in [0.1, 0.15) is 0 Å². The van der Waals surface area contributed by atoms with Crippen LogP contribution in [0, 0.1) is 0 Å². The van der Waals surface area contributed by atoms with E-state index in [4.69, 9.17) is 0 Å². The smallest absolute Gasteiger partial charge is 0.406 e. The maximum absolute atomic E-state index is 11.7. The van der Waals surface area contributed by atoms with Gasteiger partial charge < -0.3 is 10.1 Å². The van der Waals surface area contributed by atoms with E-state index < -0.39 is 12.1 Å². The number of hydrogen-bond acceptors (Lipinski definition) is 3. The van der Waals surface area contributed by atoms with E-state index in [0.29, 0.717) is 0 Å². The molecule has 0 aliphatic carbocycles. The molecule has 0 fully saturated rings. The fraction of sp³-hybridized carbons (Fsp3) is 0.273. The second-order valence-electron chi connectivity index (χ2n) is 2.76. The van der Waals surface area contributed by atoms with Crippen LogP contribution in [-0.2, 0) is 16.0 Å². The molecule has 0 atom stereocenters. The monoisotopic (exact) mass is 227 g/mol. The van der Waals surface area contributed by atoms with Crippen molar-refractivity contribution in [3.63, 3.8) is 0 Å². The minimum absolute atomic E-state index is 0.110. The zero-order valence-electron chi connectivity index (χ0n) is 9.20. The molecule has 1 aromatic carbocycles. The van der Waals surface area contributed by atoms with Gasteiger partial charge in [0.25, 0.3) is 0 Å². The Morgan fingerprint density at radius 2 is 1.88 bits per heavy atom. The van der Waals surface area contributed by atoms with Crippen LogP contribution in [0.4, 0.5) is 9.18 Å². The fourth-order valence-corrected chi connectivity index (χ4v) is 0.858. The number of halogens is 1. The Morgan fingerprint density at radius 1 is 1.31 bits per heavy atom. The summed E-state index contributed by atoms with van der Waals surface area (Å²) in [7, 11) is 2.82. The van der Waals surface area contributed by atoms with E-state index in [1.807, 2.05) is 6.07 Å². The average Bonchev–Trinajstić information content (AvgIpc) is 2.29. The van der Waals surface area contributed by atoms with E-state index in [1.54, 1.807) is 24.3 Å². The van der Waals surface area contributed by atoms with Crippen molar-refractivity contribution in [2.75, 3.05) is 14.2 Å². The summed E-state index contributed by atoms with van der Waals surface area (Å²) in [6, 6.07) is 7.53. The SMILES string of the molecule is CNC(=O)OC.O=C(F)Cc1ccccc1. The van der Waals surface area contributed by atoms with E-state index in [-0.39, 0.29) is 6.42 Å². The van der Waals surface area contributed by atoms with Crippen LogP contribution in [0.25, 0.3) is 0 Å². The second-order valence-corrected chi connectivity index (χ2v) is 2.76. The van der Waals surface area contributed by atoms with E-state index in [0.717, 1.165) is 5.56 Å². The summed E-state index contributed by atoms with van der Waals surface area (Å²) in [5, 5.41) is 2.25. The Kier molecular flexibility index (Phi) is 7.40. The third kappa shape index (κ3) is 7.49. The molecule has 4 nitrogen and oxygen atoms in total. The standard InChI is InChI=1S/C8H7FO.C3H7NO2/c9-8(10)6-7-4-2-1-3-5-7;1-4-3(5)6-2/h1-5H,6H2;1-2H3,(H,4,5). The van der Waals surface area contributed by atoms with Crippen molar-refractivity contribution in [3.8, 4) is 0 Å². The molecular weight excluding hydrogens is 213 g/mol. The van der Waals surface area contributed by atoms with Crippen molar-refractivity contribution in [2.24, 2.45) is 0 Å². The van der Waals surface area contributed by atoms with Crippen molar-refractivity contribution in [3.05, 3.63) is 35.9 Å². The van der Waals surface area contributed by atoms with Gasteiger partial charge in [0.2, 0.25) is 0 Å². The summed E-state index contributed by atoms with van der Waals surface area (Å²) in [5.74, 6) is 0. The number of rotatable bonds is 2. The minimum atomic E-state index is -1.29. The highest BCUT2D eigenvalue weighted by Crippen LogP contribution is 1.99. The molecule has 0 spiro atoms. The first kappa shape index (κ1) is 14.1. The molecule has 0 heterocycles. The molecule has 0 saturated heterocycles. The summed E-state index contributed by atoms with van der Waals surface area (Å²) in [4.78, 5) is 19.8. The molecule has 16 heavy (non-hydrogen) atoms. The average molecular weight is 227 g/mol. The molecule has 0 aromatic heterocycles. The largest absolute Gasteiger partial charge is 0.453 e. The molecule has 1 amide bonds. The lowest BCUT2D eigenvalue weighted by atomic mass is 10.2. The first-order valence-corrected chi connectivity index (χ1v) is 4.58. The van der Waals surface area contributed by atoms with Crippen molar-refractivity contribution in [1.29, 1.82) is 0 Å². The number of carbonyl (C=O) groups excluding carboxylic acids is 2. The molecule has 0 unspecified atom stereocenters. The van der Waals surface area contributed by atoms with Gasteiger partial charge in [-0.2, -0.15) is 4.39 Å². The number of ether oxygens (including phenoxy) is 1. The number of nitrogens with one attached hydrogen (secondary N) is 1. The zero-order valence-corrected chi connectivity index (χ0v) is 9.20. The predicted octanol–water partition coefficient (Wildman–Crippen LogP) is 1.70. The zero-order chi connectivity index (χ0) is 12.4. The second kappa shape index (κ2) is 8.40. The molecule has 5 heteroatoms. The Labute approximate surface area is 93.4 Å². The van der Waals surface area contributed by atoms with Gasteiger partial charge in [-0.25, -0.2) is 4.79 Å². The van der Waals surface area contributed by atoms with E-state index >= 15 is 0 Å². The molecule has 0 aliphatic heterocycles. The molecule has 0 bridgehead atoms. The molecule has 88 valence electrons. The molecular formula is C11H14FNO3. The van der Waals surface area contributed by atoms with Crippen LogP contribution >= 0.6 is 0 Å². The normalized spacial score (nSPS) is 8.44. The highest BCUT2D eigenvalue weighted by atomic mass is 19.1. The maximum atomic E-state index is 11.7. The lowest BCUT2D eigenvalue weighted by Crippen LogP contribution is -2.16. The van der Waals surface area contributed by atoms with E-state index in [2.05, 4.69) is 10.1 Å². The van der Waals surface area contributed by atoms with Gasteiger partial charge in [-0.05, 0) is 5.56 Å². The van der Waals surface area contributed by atoms with Gasteiger partial charge in [0.05, 0.1) is 13.5 Å². The topological polar surface area (TPSA) is 55.4 Å². The van der Waals surface area contributed by atoms with Gasteiger partial charge >= 0.3 is 12.1 Å². The summed E-state index contributed by atoms with van der Waals surface area (Å²) in [5.41, 5.74) is 0.718. The van der Waals surface area contributed by atoms with Gasteiger partial charge in [0, 0.05) is 7.05 Å². The van der Waals surface area contributed by atoms with Crippen molar-refractivity contribution < 1.29 is 18.7 Å². The van der Waals surface area contributed by atoms with Crippen molar-refractivity contribution in [2.45, 2.75) is 6.42 Å². The highest BCUT2D eigenvalue weighted by Gasteiger charge is 1.97. The Bertz CT molecular complexity index is 321. The number of carbonyl (C=O) groups is 2. The van der Waals surface area contributed by atoms with Crippen molar-refractivity contribution >= 4 is 12.1 Å². The lowest BCUT2D eigenvalue weighted by Gasteiger charge is -1.91. The van der Waals surface area contributed by atoms with Gasteiger partial charge in [-0.1, -0.05) is 30.3 Å². The number of amides is 1. The van der Waals surface area contributed by atoms with Crippen LogP contribution < -0.4 is 5.32 Å². The van der Waals surface area contributed by atoms with Crippen molar-refractivity contribution in [1.82, 2.24) is 5.32 Å². The quantitative estimate of drug-likeness (QED) is 0.782. The predicted molar refractivity (Wildman–Crippen MR) is 57.7 cm³/mol. The van der Waals surface area contributed by atoms with Crippen LogP contribution in [0.2, 0.25) is 0 Å². The number of benzene rings is 1.